The van der Waals surface area contributed by atoms with Crippen molar-refractivity contribution in [1.82, 2.24) is 0 Å². The van der Waals surface area contributed by atoms with E-state index in [-0.39, 0.29) is 0 Å². The summed E-state index contributed by atoms with van der Waals surface area (Å²) in [6, 6.07) is 8.15. The Morgan fingerprint density at radius 2 is 1.92 bits per heavy atom. The predicted octanol–water partition coefficient (Wildman–Crippen LogP) is 3.63. The first-order valence-electron chi connectivity index (χ1n) is 4.22. The quantitative estimate of drug-likeness (QED) is 0.799. The number of hydrogen-bond acceptors (Lipinski definition) is 1. The van der Waals surface area contributed by atoms with Crippen molar-refractivity contribution >= 4 is 15.9 Å². The predicted molar refractivity (Wildman–Crippen MR) is 62.5 cm³/mol. The van der Waals surface area contributed by atoms with Crippen molar-refractivity contribution in [2.75, 3.05) is 0 Å². The van der Waals surface area contributed by atoms with Crippen LogP contribution in [0.1, 0.15) is 18.9 Å². The molecule has 0 aromatic heterocycles. The van der Waals surface area contributed by atoms with Gasteiger partial charge in [0, 0.05) is 10.2 Å². The van der Waals surface area contributed by atoms with Crippen molar-refractivity contribution in [1.29, 1.82) is 0 Å². The highest BCUT2D eigenvalue weighted by molar-refractivity contribution is 9.10. The summed E-state index contributed by atoms with van der Waals surface area (Å²) in [7, 11) is 0. The van der Waals surface area contributed by atoms with Crippen molar-refractivity contribution in [3.63, 3.8) is 0 Å². The zero-order valence-corrected chi connectivity index (χ0v) is 9.76. The van der Waals surface area contributed by atoms with Crippen LogP contribution >= 0.6 is 15.9 Å². The lowest BCUT2D eigenvalue weighted by molar-refractivity contribution is 1.08. The summed E-state index contributed by atoms with van der Waals surface area (Å²) in [5.41, 5.74) is 7.14. The number of allylic oxidation sites excluding steroid dienone is 1. The molecule has 0 aliphatic heterocycles. The van der Waals surface area contributed by atoms with Crippen molar-refractivity contribution in [3.05, 3.63) is 46.6 Å². The molecule has 0 saturated carbocycles. The van der Waals surface area contributed by atoms with Gasteiger partial charge in [-0.3, -0.25) is 0 Å². The lowest BCUT2D eigenvalue weighted by Gasteiger charge is -1.91. The summed E-state index contributed by atoms with van der Waals surface area (Å²) in [6.07, 6.45) is 0.889. The van der Waals surface area contributed by atoms with Crippen LogP contribution in [0, 0.1) is 6.92 Å². The van der Waals surface area contributed by atoms with E-state index in [9.17, 15) is 0 Å². The first-order chi connectivity index (χ1) is 6.07. The van der Waals surface area contributed by atoms with Crippen LogP contribution in [0.2, 0.25) is 0 Å². The SMILES string of the molecule is C=C(N)CC.Cc1ccccc1Br. The highest BCUT2D eigenvalue weighted by Gasteiger charge is 1.86. The van der Waals surface area contributed by atoms with Gasteiger partial charge in [-0.15, -0.1) is 0 Å². The zero-order valence-electron chi connectivity index (χ0n) is 8.18. The van der Waals surface area contributed by atoms with Crippen LogP contribution in [-0.2, 0) is 0 Å². The lowest BCUT2D eigenvalue weighted by atomic mass is 10.2. The van der Waals surface area contributed by atoms with Gasteiger partial charge < -0.3 is 5.73 Å². The molecule has 72 valence electrons. The maximum absolute atomic E-state index is 5.10. The van der Waals surface area contributed by atoms with E-state index in [0.717, 1.165) is 12.1 Å². The Kier molecular flexibility index (Phi) is 6.33. The molecule has 0 aliphatic carbocycles. The minimum absolute atomic E-state index is 0.755. The van der Waals surface area contributed by atoms with Gasteiger partial charge in [-0.1, -0.05) is 47.6 Å². The molecule has 0 radical (unpaired) electrons. The van der Waals surface area contributed by atoms with Crippen LogP contribution in [0.15, 0.2) is 41.0 Å². The third-order valence-corrected chi connectivity index (χ3v) is 2.42. The highest BCUT2D eigenvalue weighted by atomic mass is 79.9. The zero-order chi connectivity index (χ0) is 10.3. The summed E-state index contributed by atoms with van der Waals surface area (Å²) in [6.45, 7) is 7.50. The van der Waals surface area contributed by atoms with Crippen LogP contribution in [-0.4, -0.2) is 0 Å². The summed E-state index contributed by atoms with van der Waals surface area (Å²) < 4.78 is 1.18. The molecule has 2 heteroatoms. The van der Waals surface area contributed by atoms with Gasteiger partial charge in [-0.25, -0.2) is 0 Å². The smallest absolute Gasteiger partial charge is 0.0204 e. The molecule has 0 saturated heterocycles. The van der Waals surface area contributed by atoms with Crippen LogP contribution in [0.4, 0.5) is 0 Å². The number of halogens is 1. The minimum Gasteiger partial charge on any atom is -0.403 e. The van der Waals surface area contributed by atoms with E-state index < -0.39 is 0 Å². The van der Waals surface area contributed by atoms with E-state index in [1.54, 1.807) is 0 Å². The monoisotopic (exact) mass is 241 g/mol. The number of benzene rings is 1. The summed E-state index contributed by atoms with van der Waals surface area (Å²) in [5, 5.41) is 0. The van der Waals surface area contributed by atoms with Gasteiger partial charge in [-0.2, -0.15) is 0 Å². The largest absolute Gasteiger partial charge is 0.403 e. The molecule has 0 amide bonds. The first kappa shape index (κ1) is 12.2. The maximum Gasteiger partial charge on any atom is 0.0204 e. The second kappa shape index (κ2) is 6.72. The Labute approximate surface area is 88.8 Å². The van der Waals surface area contributed by atoms with Gasteiger partial charge in [0.25, 0.3) is 0 Å². The van der Waals surface area contributed by atoms with E-state index in [2.05, 4.69) is 35.5 Å². The molecule has 1 nitrogen and oxygen atoms in total. The van der Waals surface area contributed by atoms with Gasteiger partial charge in [0.2, 0.25) is 0 Å². The number of rotatable bonds is 1. The third-order valence-electron chi connectivity index (χ3n) is 1.53. The molecule has 2 N–H and O–H groups in total. The Morgan fingerprint density at radius 1 is 1.46 bits per heavy atom. The summed E-state index contributed by atoms with van der Waals surface area (Å²) >= 11 is 3.40. The first-order valence-corrected chi connectivity index (χ1v) is 5.01. The standard InChI is InChI=1S/C7H7Br.C4H9N/c1-6-4-2-3-5-7(6)8;1-3-4(2)5/h2-5H,1H3;2-3,5H2,1H3. The molecule has 0 bridgehead atoms. The van der Waals surface area contributed by atoms with Crippen LogP contribution in [0.5, 0.6) is 0 Å². The molecule has 0 unspecified atom stereocenters. The molecule has 0 fully saturated rings. The molecule has 0 atom stereocenters. The fourth-order valence-electron chi connectivity index (χ4n) is 0.551. The molecular weight excluding hydrogens is 226 g/mol. The topological polar surface area (TPSA) is 26.0 Å². The molecule has 0 heterocycles. The maximum atomic E-state index is 5.10. The van der Waals surface area contributed by atoms with Crippen molar-refractivity contribution < 1.29 is 0 Å². The van der Waals surface area contributed by atoms with Crippen molar-refractivity contribution in [2.24, 2.45) is 5.73 Å². The highest BCUT2D eigenvalue weighted by Crippen LogP contribution is 2.13. The van der Waals surface area contributed by atoms with Gasteiger partial charge in [0.15, 0.2) is 0 Å². The average molecular weight is 242 g/mol. The minimum atomic E-state index is 0.755. The number of nitrogens with two attached hydrogens (primary N) is 1. The summed E-state index contributed by atoms with van der Waals surface area (Å²) in [4.78, 5) is 0. The number of hydrogen-bond donors (Lipinski definition) is 1. The van der Waals surface area contributed by atoms with Crippen molar-refractivity contribution in [3.8, 4) is 0 Å². The fourth-order valence-corrected chi connectivity index (χ4v) is 0.836. The Morgan fingerprint density at radius 3 is 2.15 bits per heavy atom. The second-order valence-corrected chi connectivity index (χ2v) is 3.62. The molecular formula is C11H16BrN. The lowest BCUT2D eigenvalue weighted by Crippen LogP contribution is -1.89. The molecule has 1 aromatic carbocycles. The fraction of sp³-hybridized carbons (Fsp3) is 0.273. The molecule has 1 aromatic rings. The molecule has 0 aliphatic rings. The average Bonchev–Trinajstić information content (AvgIpc) is 2.11. The molecule has 13 heavy (non-hydrogen) atoms. The van der Waals surface area contributed by atoms with E-state index in [4.69, 9.17) is 5.73 Å². The van der Waals surface area contributed by atoms with Crippen LogP contribution in [0.25, 0.3) is 0 Å². The van der Waals surface area contributed by atoms with Gasteiger partial charge in [0.05, 0.1) is 0 Å². The Bertz CT molecular complexity index is 248. The normalized spacial score (nSPS) is 8.54. The van der Waals surface area contributed by atoms with Gasteiger partial charge in [0.1, 0.15) is 0 Å². The van der Waals surface area contributed by atoms with Gasteiger partial charge >= 0.3 is 0 Å². The van der Waals surface area contributed by atoms with E-state index >= 15 is 0 Å². The van der Waals surface area contributed by atoms with Gasteiger partial charge in [-0.05, 0) is 25.0 Å². The van der Waals surface area contributed by atoms with Crippen LogP contribution < -0.4 is 5.73 Å². The van der Waals surface area contributed by atoms with Crippen LogP contribution in [0.3, 0.4) is 0 Å². The Balaban J connectivity index is 0.000000252. The van der Waals surface area contributed by atoms with Crippen molar-refractivity contribution in [2.45, 2.75) is 20.3 Å². The Hall–Kier alpha value is -0.760. The second-order valence-electron chi connectivity index (χ2n) is 2.76. The summed E-state index contributed by atoms with van der Waals surface area (Å²) in [5.74, 6) is 0. The number of aryl methyl sites for hydroxylation is 1. The third kappa shape index (κ3) is 6.41. The molecule has 1 rings (SSSR count). The van der Waals surface area contributed by atoms with E-state index in [1.807, 2.05) is 25.1 Å². The van der Waals surface area contributed by atoms with E-state index in [1.165, 1.54) is 10.0 Å². The van der Waals surface area contributed by atoms with E-state index in [0.29, 0.717) is 0 Å². The molecule has 0 spiro atoms.